The topological polar surface area (TPSA) is 40.8 Å². The van der Waals surface area contributed by atoms with Gasteiger partial charge in [-0.3, -0.25) is 9.30 Å². The summed E-state index contributed by atoms with van der Waals surface area (Å²) in [4.78, 5) is 8.21. The number of aromatic nitrogens is 2. The van der Waals surface area contributed by atoms with Crippen molar-refractivity contribution in [2.45, 2.75) is 32.4 Å². The molecule has 1 unspecified atom stereocenters. The molecule has 24 heavy (non-hydrogen) atoms. The Morgan fingerprint density at radius 3 is 2.75 bits per heavy atom. The number of thiazole rings is 1. The van der Waals surface area contributed by atoms with E-state index in [1.54, 1.807) is 11.3 Å². The van der Waals surface area contributed by atoms with Crippen molar-refractivity contribution < 1.29 is 5.11 Å². The molecule has 1 fully saturated rings. The second-order valence-electron chi connectivity index (χ2n) is 6.67. The van der Waals surface area contributed by atoms with Crippen molar-refractivity contribution >= 4 is 16.3 Å². The van der Waals surface area contributed by atoms with Gasteiger partial charge in [-0.25, -0.2) is 4.98 Å². The van der Waals surface area contributed by atoms with Crippen molar-refractivity contribution in [2.24, 2.45) is 5.92 Å². The van der Waals surface area contributed by atoms with E-state index in [0.29, 0.717) is 5.92 Å². The van der Waals surface area contributed by atoms with Crippen LogP contribution in [0.25, 0.3) is 4.96 Å². The Balaban J connectivity index is 1.39. The number of benzene rings is 1. The highest BCUT2D eigenvalue weighted by Crippen LogP contribution is 2.31. The van der Waals surface area contributed by atoms with E-state index in [9.17, 15) is 5.11 Å². The molecule has 0 saturated carbocycles. The number of imidazole rings is 1. The molecule has 1 atom stereocenters. The third-order valence-corrected chi connectivity index (χ3v) is 5.91. The fourth-order valence-electron chi connectivity index (χ4n) is 3.69. The minimum atomic E-state index is -0.339. The van der Waals surface area contributed by atoms with Crippen LogP contribution in [-0.2, 0) is 6.54 Å². The Hall–Kier alpha value is -1.69. The molecule has 1 aromatic carbocycles. The van der Waals surface area contributed by atoms with Crippen LogP contribution in [0.15, 0.2) is 41.9 Å². The number of fused-ring (bicyclic) bond motifs is 1. The molecule has 0 bridgehead atoms. The first-order valence-corrected chi connectivity index (χ1v) is 9.47. The van der Waals surface area contributed by atoms with Crippen molar-refractivity contribution in [3.8, 4) is 0 Å². The number of aliphatic hydroxyl groups excluding tert-OH is 1. The van der Waals surface area contributed by atoms with E-state index < -0.39 is 0 Å². The molecule has 4 nitrogen and oxygen atoms in total. The summed E-state index contributed by atoms with van der Waals surface area (Å²) in [6, 6.07) is 10.1. The number of nitrogens with zero attached hydrogens (tertiary/aromatic N) is 3. The summed E-state index contributed by atoms with van der Waals surface area (Å²) in [5, 5.41) is 12.7. The van der Waals surface area contributed by atoms with E-state index in [-0.39, 0.29) is 6.10 Å². The minimum Gasteiger partial charge on any atom is -0.388 e. The minimum absolute atomic E-state index is 0.339. The van der Waals surface area contributed by atoms with Gasteiger partial charge in [-0.15, -0.1) is 11.3 Å². The molecule has 0 radical (unpaired) electrons. The monoisotopic (exact) mass is 341 g/mol. The number of aliphatic hydroxyl groups is 1. The van der Waals surface area contributed by atoms with E-state index in [1.165, 1.54) is 5.69 Å². The lowest BCUT2D eigenvalue weighted by Gasteiger charge is -2.34. The number of hydrogen-bond acceptors (Lipinski definition) is 4. The SMILES string of the molecule is Cc1nc2sccn2c1CN1CCC(C(O)c2ccccc2)CC1. The lowest BCUT2D eigenvalue weighted by Crippen LogP contribution is -2.35. The van der Waals surface area contributed by atoms with Crippen LogP contribution in [0.2, 0.25) is 0 Å². The predicted octanol–water partition coefficient (Wildman–Crippen LogP) is 3.65. The maximum atomic E-state index is 10.6. The highest BCUT2D eigenvalue weighted by molar-refractivity contribution is 7.15. The summed E-state index contributed by atoms with van der Waals surface area (Å²) < 4.78 is 2.21. The van der Waals surface area contributed by atoms with Crippen LogP contribution in [0.4, 0.5) is 0 Å². The molecule has 1 aliphatic rings. The third-order valence-electron chi connectivity index (χ3n) is 5.15. The van der Waals surface area contributed by atoms with Crippen LogP contribution >= 0.6 is 11.3 Å². The molecular formula is C19H23N3OS. The number of rotatable bonds is 4. The molecule has 3 aromatic rings. The van der Waals surface area contributed by atoms with Crippen LogP contribution in [0, 0.1) is 12.8 Å². The van der Waals surface area contributed by atoms with Gasteiger partial charge in [0.25, 0.3) is 0 Å². The summed E-state index contributed by atoms with van der Waals surface area (Å²) in [5.41, 5.74) is 3.48. The van der Waals surface area contributed by atoms with E-state index >= 15 is 0 Å². The number of piperidine rings is 1. The Labute approximate surface area is 146 Å². The molecule has 4 rings (SSSR count). The number of hydrogen-bond donors (Lipinski definition) is 1. The molecule has 126 valence electrons. The van der Waals surface area contributed by atoms with Gasteiger partial charge < -0.3 is 5.11 Å². The molecule has 0 spiro atoms. The molecule has 1 aliphatic heterocycles. The van der Waals surface area contributed by atoms with Crippen molar-refractivity contribution in [1.82, 2.24) is 14.3 Å². The van der Waals surface area contributed by atoms with Crippen LogP contribution < -0.4 is 0 Å². The van der Waals surface area contributed by atoms with Crippen molar-refractivity contribution in [2.75, 3.05) is 13.1 Å². The third kappa shape index (κ3) is 2.99. The highest BCUT2D eigenvalue weighted by Gasteiger charge is 2.27. The van der Waals surface area contributed by atoms with Crippen LogP contribution in [-0.4, -0.2) is 32.5 Å². The van der Waals surface area contributed by atoms with Gasteiger partial charge in [-0.05, 0) is 44.3 Å². The van der Waals surface area contributed by atoms with Crippen molar-refractivity contribution in [3.05, 3.63) is 58.9 Å². The van der Waals surface area contributed by atoms with Crippen molar-refractivity contribution in [3.63, 3.8) is 0 Å². The molecule has 0 aliphatic carbocycles. The summed E-state index contributed by atoms with van der Waals surface area (Å²) in [5.74, 6) is 0.358. The summed E-state index contributed by atoms with van der Waals surface area (Å²) in [6.07, 6.45) is 3.86. The maximum Gasteiger partial charge on any atom is 0.194 e. The maximum absolute atomic E-state index is 10.6. The average molecular weight is 341 g/mol. The first kappa shape index (κ1) is 15.8. The van der Waals surface area contributed by atoms with E-state index in [1.807, 2.05) is 30.3 Å². The van der Waals surface area contributed by atoms with E-state index in [4.69, 9.17) is 0 Å². The summed E-state index contributed by atoms with van der Waals surface area (Å²) in [6.45, 7) is 5.11. The zero-order valence-corrected chi connectivity index (χ0v) is 14.7. The van der Waals surface area contributed by atoms with Crippen LogP contribution in [0.1, 0.15) is 35.9 Å². The van der Waals surface area contributed by atoms with Gasteiger partial charge in [-0.1, -0.05) is 30.3 Å². The molecular weight excluding hydrogens is 318 g/mol. The number of likely N-dealkylation sites (tertiary alicyclic amines) is 1. The van der Waals surface area contributed by atoms with Crippen LogP contribution in [0.5, 0.6) is 0 Å². The second kappa shape index (κ2) is 6.67. The van der Waals surface area contributed by atoms with Gasteiger partial charge in [0, 0.05) is 18.1 Å². The van der Waals surface area contributed by atoms with Gasteiger partial charge >= 0.3 is 0 Å². The zero-order chi connectivity index (χ0) is 16.5. The summed E-state index contributed by atoms with van der Waals surface area (Å²) >= 11 is 1.69. The molecule has 1 saturated heterocycles. The Morgan fingerprint density at radius 1 is 1.25 bits per heavy atom. The smallest absolute Gasteiger partial charge is 0.194 e. The fraction of sp³-hybridized carbons (Fsp3) is 0.421. The molecule has 5 heteroatoms. The second-order valence-corrected chi connectivity index (χ2v) is 7.54. The van der Waals surface area contributed by atoms with Gasteiger partial charge in [0.1, 0.15) is 0 Å². The van der Waals surface area contributed by atoms with Gasteiger partial charge in [0.2, 0.25) is 0 Å². The molecule has 1 N–H and O–H groups in total. The average Bonchev–Trinajstić information content (AvgIpc) is 3.18. The van der Waals surface area contributed by atoms with E-state index in [0.717, 1.165) is 48.7 Å². The first-order valence-electron chi connectivity index (χ1n) is 8.59. The zero-order valence-electron chi connectivity index (χ0n) is 13.9. The van der Waals surface area contributed by atoms with Gasteiger partial charge in [0.15, 0.2) is 4.96 Å². The molecule has 3 heterocycles. The largest absolute Gasteiger partial charge is 0.388 e. The Morgan fingerprint density at radius 2 is 2.00 bits per heavy atom. The van der Waals surface area contributed by atoms with Crippen LogP contribution in [0.3, 0.4) is 0 Å². The van der Waals surface area contributed by atoms with Crippen molar-refractivity contribution in [1.29, 1.82) is 0 Å². The number of aryl methyl sites for hydroxylation is 1. The molecule has 0 amide bonds. The standard InChI is InChI=1S/C19H23N3OS/c1-14-17(22-11-12-24-19(22)20-14)13-21-9-7-16(8-10-21)18(23)15-5-3-2-4-6-15/h2-6,11-12,16,18,23H,7-10,13H2,1H3. The highest BCUT2D eigenvalue weighted by atomic mass is 32.1. The first-order chi connectivity index (χ1) is 11.7. The normalized spacial score (nSPS) is 18.2. The lowest BCUT2D eigenvalue weighted by atomic mass is 9.87. The van der Waals surface area contributed by atoms with E-state index in [2.05, 4.69) is 32.8 Å². The lowest BCUT2D eigenvalue weighted by molar-refractivity contribution is 0.0563. The van der Waals surface area contributed by atoms with Gasteiger partial charge in [-0.2, -0.15) is 0 Å². The Bertz CT molecular complexity index is 803. The Kier molecular flexibility index (Phi) is 4.39. The van der Waals surface area contributed by atoms with Gasteiger partial charge in [0.05, 0.1) is 17.5 Å². The quantitative estimate of drug-likeness (QED) is 0.787. The molecule has 2 aromatic heterocycles. The summed E-state index contributed by atoms with van der Waals surface area (Å²) in [7, 11) is 0. The predicted molar refractivity (Wildman–Crippen MR) is 97.2 cm³/mol. The fourth-order valence-corrected chi connectivity index (χ4v) is 4.47.